The first-order chi connectivity index (χ1) is 8.70. The number of hydrogen-bond acceptors (Lipinski definition) is 4. The molecule has 2 unspecified atom stereocenters. The summed E-state index contributed by atoms with van der Waals surface area (Å²) in [6.45, 7) is 4.00. The Labute approximate surface area is 107 Å². The zero-order valence-electron chi connectivity index (χ0n) is 10.7. The first-order valence-corrected chi connectivity index (χ1v) is 6.34. The average Bonchev–Trinajstić information content (AvgIpc) is 2.50. The summed E-state index contributed by atoms with van der Waals surface area (Å²) < 4.78 is 0. The molecule has 1 aliphatic rings. The molecule has 0 spiro atoms. The van der Waals surface area contributed by atoms with Crippen LogP contribution in [0.2, 0.25) is 0 Å². The predicted molar refractivity (Wildman–Crippen MR) is 69.7 cm³/mol. The highest BCUT2D eigenvalue weighted by Crippen LogP contribution is 2.12. The number of carbonyl (C=O) groups excluding carboxylic acids is 1. The van der Waals surface area contributed by atoms with Gasteiger partial charge in [-0.3, -0.25) is 14.7 Å². The molecule has 5 nitrogen and oxygen atoms in total. The van der Waals surface area contributed by atoms with Crippen molar-refractivity contribution in [3.8, 4) is 0 Å². The molecule has 5 heteroatoms. The maximum absolute atomic E-state index is 12.0. The van der Waals surface area contributed by atoms with E-state index in [0.29, 0.717) is 6.54 Å². The van der Waals surface area contributed by atoms with Gasteiger partial charge in [0, 0.05) is 38.1 Å². The highest BCUT2D eigenvalue weighted by Gasteiger charge is 2.28. The number of carbonyl (C=O) groups is 1. The van der Waals surface area contributed by atoms with Crippen molar-refractivity contribution in [3.63, 3.8) is 0 Å². The second kappa shape index (κ2) is 5.93. The lowest BCUT2D eigenvalue weighted by Crippen LogP contribution is -2.49. The van der Waals surface area contributed by atoms with Crippen LogP contribution in [0.5, 0.6) is 0 Å². The summed E-state index contributed by atoms with van der Waals surface area (Å²) >= 11 is 0. The molecule has 1 aliphatic heterocycles. The van der Waals surface area contributed by atoms with Gasteiger partial charge in [-0.25, -0.2) is 0 Å². The van der Waals surface area contributed by atoms with Crippen molar-refractivity contribution >= 4 is 5.91 Å². The van der Waals surface area contributed by atoms with Gasteiger partial charge in [-0.2, -0.15) is 0 Å². The Morgan fingerprint density at radius 3 is 2.89 bits per heavy atom. The van der Waals surface area contributed by atoms with Crippen molar-refractivity contribution in [1.29, 1.82) is 0 Å². The molecule has 3 N–H and O–H groups in total. The van der Waals surface area contributed by atoms with Gasteiger partial charge in [0.25, 0.3) is 0 Å². The third kappa shape index (κ3) is 3.05. The SMILES string of the molecule is CC1CCN(Cc2ccncc2)C(CN)C(=O)N1. The van der Waals surface area contributed by atoms with E-state index in [0.717, 1.165) is 25.1 Å². The number of pyridine rings is 1. The number of aromatic nitrogens is 1. The van der Waals surface area contributed by atoms with E-state index in [1.54, 1.807) is 12.4 Å². The molecule has 0 saturated carbocycles. The molecule has 2 rings (SSSR count). The molecule has 0 aliphatic carbocycles. The van der Waals surface area contributed by atoms with Gasteiger partial charge in [-0.15, -0.1) is 0 Å². The van der Waals surface area contributed by atoms with E-state index in [1.807, 2.05) is 19.1 Å². The normalized spacial score (nSPS) is 25.6. The smallest absolute Gasteiger partial charge is 0.238 e. The van der Waals surface area contributed by atoms with E-state index in [2.05, 4.69) is 15.2 Å². The molecule has 1 aromatic heterocycles. The summed E-state index contributed by atoms with van der Waals surface area (Å²) in [5.74, 6) is 0.0385. The lowest BCUT2D eigenvalue weighted by Gasteiger charge is -2.27. The Bertz CT molecular complexity index is 395. The van der Waals surface area contributed by atoms with E-state index in [-0.39, 0.29) is 18.0 Å². The molecule has 1 fully saturated rings. The van der Waals surface area contributed by atoms with Gasteiger partial charge in [0.1, 0.15) is 6.04 Å². The fraction of sp³-hybridized carbons (Fsp3) is 0.538. The monoisotopic (exact) mass is 248 g/mol. The van der Waals surface area contributed by atoms with Gasteiger partial charge in [-0.05, 0) is 31.0 Å². The molecule has 1 saturated heterocycles. The number of nitrogens with two attached hydrogens (primary N) is 1. The minimum atomic E-state index is -0.233. The van der Waals surface area contributed by atoms with Crippen LogP contribution in [0.1, 0.15) is 18.9 Å². The molecular weight excluding hydrogens is 228 g/mol. The van der Waals surface area contributed by atoms with Gasteiger partial charge in [0.2, 0.25) is 5.91 Å². The van der Waals surface area contributed by atoms with E-state index >= 15 is 0 Å². The third-order valence-electron chi connectivity index (χ3n) is 3.34. The topological polar surface area (TPSA) is 71.2 Å². The van der Waals surface area contributed by atoms with Crippen molar-refractivity contribution in [3.05, 3.63) is 30.1 Å². The van der Waals surface area contributed by atoms with Gasteiger partial charge < -0.3 is 11.1 Å². The standard InChI is InChI=1S/C13H20N4O/c1-10-4-7-17(12(8-14)13(18)16-10)9-11-2-5-15-6-3-11/h2-3,5-6,10,12H,4,7-9,14H2,1H3,(H,16,18). The first-order valence-electron chi connectivity index (χ1n) is 6.34. The molecule has 1 aromatic rings. The number of hydrogen-bond donors (Lipinski definition) is 2. The van der Waals surface area contributed by atoms with Crippen LogP contribution in [-0.4, -0.2) is 41.0 Å². The molecule has 0 aromatic carbocycles. The number of rotatable bonds is 3. The lowest BCUT2D eigenvalue weighted by molar-refractivity contribution is -0.125. The van der Waals surface area contributed by atoms with Crippen LogP contribution in [0, 0.1) is 0 Å². The van der Waals surface area contributed by atoms with Crippen LogP contribution >= 0.6 is 0 Å². The van der Waals surface area contributed by atoms with Crippen LogP contribution in [0.4, 0.5) is 0 Å². The second-order valence-corrected chi connectivity index (χ2v) is 4.78. The zero-order valence-corrected chi connectivity index (χ0v) is 10.7. The Balaban J connectivity index is 2.11. The molecule has 2 heterocycles. The van der Waals surface area contributed by atoms with E-state index in [4.69, 9.17) is 5.73 Å². The quantitative estimate of drug-likeness (QED) is 0.797. The van der Waals surface area contributed by atoms with Crippen LogP contribution in [0.25, 0.3) is 0 Å². The maximum Gasteiger partial charge on any atom is 0.238 e. The third-order valence-corrected chi connectivity index (χ3v) is 3.34. The minimum Gasteiger partial charge on any atom is -0.352 e. The van der Waals surface area contributed by atoms with Crippen molar-refractivity contribution in [2.24, 2.45) is 5.73 Å². The van der Waals surface area contributed by atoms with E-state index in [1.165, 1.54) is 0 Å². The summed E-state index contributed by atoms with van der Waals surface area (Å²) in [6.07, 6.45) is 4.49. The summed E-state index contributed by atoms with van der Waals surface area (Å²) in [6, 6.07) is 3.93. The van der Waals surface area contributed by atoms with Gasteiger partial charge in [0.05, 0.1) is 0 Å². The van der Waals surface area contributed by atoms with Crippen molar-refractivity contribution in [1.82, 2.24) is 15.2 Å². The van der Waals surface area contributed by atoms with E-state index in [9.17, 15) is 4.79 Å². The lowest BCUT2D eigenvalue weighted by atomic mass is 10.2. The molecule has 98 valence electrons. The molecule has 0 radical (unpaired) electrons. The molecule has 1 amide bonds. The summed E-state index contributed by atoms with van der Waals surface area (Å²) in [4.78, 5) is 18.2. The van der Waals surface area contributed by atoms with Crippen molar-refractivity contribution < 1.29 is 4.79 Å². The predicted octanol–water partition coefficient (Wildman–Crippen LogP) is 0.119. The summed E-state index contributed by atoms with van der Waals surface area (Å²) in [5, 5.41) is 2.99. The molecule has 18 heavy (non-hydrogen) atoms. The van der Waals surface area contributed by atoms with Gasteiger partial charge in [-0.1, -0.05) is 0 Å². The van der Waals surface area contributed by atoms with Crippen molar-refractivity contribution in [2.45, 2.75) is 32.0 Å². The van der Waals surface area contributed by atoms with Crippen molar-refractivity contribution in [2.75, 3.05) is 13.1 Å². The average molecular weight is 248 g/mol. The largest absolute Gasteiger partial charge is 0.352 e. The molecule has 0 bridgehead atoms. The highest BCUT2D eigenvalue weighted by atomic mass is 16.2. The summed E-state index contributed by atoms with van der Waals surface area (Å²) in [7, 11) is 0. The van der Waals surface area contributed by atoms with Gasteiger partial charge >= 0.3 is 0 Å². The summed E-state index contributed by atoms with van der Waals surface area (Å²) in [5.41, 5.74) is 6.90. The Morgan fingerprint density at radius 2 is 2.22 bits per heavy atom. The first kappa shape index (κ1) is 13.0. The molecular formula is C13H20N4O. The van der Waals surface area contributed by atoms with Crippen LogP contribution < -0.4 is 11.1 Å². The second-order valence-electron chi connectivity index (χ2n) is 4.78. The van der Waals surface area contributed by atoms with E-state index < -0.39 is 0 Å². The van der Waals surface area contributed by atoms with Crippen LogP contribution in [0.3, 0.4) is 0 Å². The number of nitrogens with zero attached hydrogens (tertiary/aromatic N) is 2. The Kier molecular flexibility index (Phi) is 4.28. The van der Waals surface area contributed by atoms with Crippen LogP contribution in [-0.2, 0) is 11.3 Å². The Morgan fingerprint density at radius 1 is 1.50 bits per heavy atom. The Hall–Kier alpha value is -1.46. The van der Waals surface area contributed by atoms with Gasteiger partial charge in [0.15, 0.2) is 0 Å². The fourth-order valence-electron chi connectivity index (χ4n) is 2.26. The highest BCUT2D eigenvalue weighted by molar-refractivity contribution is 5.82. The number of amides is 1. The van der Waals surface area contributed by atoms with Crippen LogP contribution in [0.15, 0.2) is 24.5 Å². The fourth-order valence-corrected chi connectivity index (χ4v) is 2.26. The number of nitrogens with one attached hydrogen (secondary N) is 1. The molecule has 2 atom stereocenters. The zero-order chi connectivity index (χ0) is 13.0. The minimum absolute atomic E-state index is 0.0385. The maximum atomic E-state index is 12.0.